The van der Waals surface area contributed by atoms with Gasteiger partial charge >= 0.3 is 0 Å². The smallest absolute Gasteiger partial charge is 0.240 e. The van der Waals surface area contributed by atoms with E-state index < -0.39 is 10.0 Å². The van der Waals surface area contributed by atoms with E-state index in [0.29, 0.717) is 17.4 Å². The Bertz CT molecular complexity index is 891. The molecule has 4 rings (SSSR count). The fraction of sp³-hybridized carbons (Fsp3) is 0.500. The number of hydrogen-bond acceptors (Lipinski definition) is 4. The molecular formula is C22H29N3O2S. The number of fused-ring (bicyclic) bond motifs is 1. The molecule has 0 radical (unpaired) electrons. The second-order valence-electron chi connectivity index (χ2n) is 8.06. The molecule has 1 aliphatic heterocycles. The summed E-state index contributed by atoms with van der Waals surface area (Å²) in [6.07, 6.45) is 10.1. The maximum absolute atomic E-state index is 12.7. The molecule has 0 atom stereocenters. The summed E-state index contributed by atoms with van der Waals surface area (Å²) >= 11 is 0. The first-order valence-electron chi connectivity index (χ1n) is 10.3. The summed E-state index contributed by atoms with van der Waals surface area (Å²) in [7, 11) is -3.43. The van der Waals surface area contributed by atoms with E-state index in [0.717, 1.165) is 51.7 Å². The van der Waals surface area contributed by atoms with Gasteiger partial charge in [0, 0.05) is 25.5 Å². The van der Waals surface area contributed by atoms with Crippen LogP contribution in [-0.4, -0.2) is 37.9 Å². The highest BCUT2D eigenvalue weighted by molar-refractivity contribution is 7.89. The maximum atomic E-state index is 12.7. The van der Waals surface area contributed by atoms with Crippen LogP contribution in [0, 0.1) is 5.92 Å². The Morgan fingerprint density at radius 1 is 1.00 bits per heavy atom. The minimum atomic E-state index is -3.43. The van der Waals surface area contributed by atoms with Crippen LogP contribution in [-0.2, 0) is 29.4 Å². The van der Waals surface area contributed by atoms with Crippen molar-refractivity contribution in [2.24, 2.45) is 5.92 Å². The lowest BCUT2D eigenvalue weighted by atomic mass is 9.92. The van der Waals surface area contributed by atoms with Crippen LogP contribution in [0.4, 0.5) is 0 Å². The van der Waals surface area contributed by atoms with Gasteiger partial charge < -0.3 is 0 Å². The van der Waals surface area contributed by atoms with E-state index >= 15 is 0 Å². The minimum Gasteiger partial charge on any atom is -0.299 e. The molecule has 150 valence electrons. The SMILES string of the molecule is O=S(=O)(NCC1CCN(Cc2ccncc2)CC1)c1ccc2c(c1)CCCC2. The van der Waals surface area contributed by atoms with Crippen LogP contribution in [0.5, 0.6) is 0 Å². The highest BCUT2D eigenvalue weighted by Crippen LogP contribution is 2.24. The summed E-state index contributed by atoms with van der Waals surface area (Å²) in [4.78, 5) is 6.92. The van der Waals surface area contributed by atoms with E-state index in [1.807, 2.05) is 24.5 Å². The average molecular weight is 400 g/mol. The molecule has 1 aromatic carbocycles. The fourth-order valence-electron chi connectivity index (χ4n) is 4.28. The Labute approximate surface area is 168 Å². The molecule has 0 bridgehead atoms. The Kier molecular flexibility index (Phi) is 6.09. The van der Waals surface area contributed by atoms with E-state index in [-0.39, 0.29) is 0 Å². The average Bonchev–Trinajstić information content (AvgIpc) is 2.74. The van der Waals surface area contributed by atoms with Crippen LogP contribution in [0.25, 0.3) is 0 Å². The molecule has 1 N–H and O–H groups in total. The molecule has 1 fully saturated rings. The van der Waals surface area contributed by atoms with Crippen molar-refractivity contribution in [3.63, 3.8) is 0 Å². The third kappa shape index (κ3) is 4.80. The Hall–Kier alpha value is -1.76. The minimum absolute atomic E-state index is 0.404. The number of aryl methyl sites for hydroxylation is 2. The first kappa shape index (κ1) is 19.6. The van der Waals surface area contributed by atoms with Crippen molar-refractivity contribution in [1.29, 1.82) is 0 Å². The number of piperidine rings is 1. The van der Waals surface area contributed by atoms with E-state index in [4.69, 9.17) is 0 Å². The maximum Gasteiger partial charge on any atom is 0.240 e. The molecule has 0 amide bonds. The number of benzene rings is 1. The molecule has 1 aliphatic carbocycles. The highest BCUT2D eigenvalue weighted by Gasteiger charge is 2.23. The van der Waals surface area contributed by atoms with E-state index in [1.165, 1.54) is 23.1 Å². The van der Waals surface area contributed by atoms with Gasteiger partial charge in [0.25, 0.3) is 0 Å². The first-order valence-corrected chi connectivity index (χ1v) is 11.8. The number of pyridine rings is 1. The predicted octanol–water partition coefficient (Wildman–Crippen LogP) is 3.15. The van der Waals surface area contributed by atoms with Gasteiger partial charge in [-0.3, -0.25) is 9.88 Å². The lowest BCUT2D eigenvalue weighted by Crippen LogP contribution is -2.38. The molecular weight excluding hydrogens is 370 g/mol. The van der Waals surface area contributed by atoms with Crippen molar-refractivity contribution >= 4 is 10.0 Å². The molecule has 2 aliphatic rings. The lowest BCUT2D eigenvalue weighted by molar-refractivity contribution is 0.178. The van der Waals surface area contributed by atoms with Crippen molar-refractivity contribution in [2.45, 2.75) is 50.0 Å². The topological polar surface area (TPSA) is 62.3 Å². The van der Waals surface area contributed by atoms with Gasteiger partial charge in [-0.15, -0.1) is 0 Å². The zero-order valence-corrected chi connectivity index (χ0v) is 17.1. The Morgan fingerprint density at radius 2 is 1.71 bits per heavy atom. The normalized spacial score (nSPS) is 18.7. The summed E-state index contributed by atoms with van der Waals surface area (Å²) < 4.78 is 28.3. The number of nitrogens with zero attached hydrogens (tertiary/aromatic N) is 2. The number of sulfonamides is 1. The second kappa shape index (κ2) is 8.72. The van der Waals surface area contributed by atoms with E-state index in [2.05, 4.69) is 26.7 Å². The van der Waals surface area contributed by atoms with Gasteiger partial charge in [0.1, 0.15) is 0 Å². The molecule has 6 heteroatoms. The lowest BCUT2D eigenvalue weighted by Gasteiger charge is -2.32. The van der Waals surface area contributed by atoms with E-state index in [1.54, 1.807) is 6.07 Å². The van der Waals surface area contributed by atoms with Gasteiger partial charge in [-0.25, -0.2) is 13.1 Å². The number of rotatable bonds is 6. The van der Waals surface area contributed by atoms with Gasteiger partial charge in [0.05, 0.1) is 4.90 Å². The van der Waals surface area contributed by atoms with Gasteiger partial charge in [-0.2, -0.15) is 0 Å². The number of likely N-dealkylation sites (tertiary alicyclic amines) is 1. The van der Waals surface area contributed by atoms with Crippen LogP contribution in [0.3, 0.4) is 0 Å². The van der Waals surface area contributed by atoms with Crippen molar-refractivity contribution in [3.8, 4) is 0 Å². The molecule has 2 aromatic rings. The summed E-state index contributed by atoms with van der Waals surface area (Å²) in [6.45, 7) is 3.49. The van der Waals surface area contributed by atoms with Crippen LogP contribution in [0.1, 0.15) is 42.4 Å². The Balaban J connectivity index is 1.29. The van der Waals surface area contributed by atoms with Gasteiger partial charge in [-0.1, -0.05) is 6.07 Å². The standard InChI is InChI=1S/C22H29N3O2S/c26-28(27,22-6-5-20-3-1-2-4-21(20)15-22)24-16-18-9-13-25(14-10-18)17-19-7-11-23-12-8-19/h5-8,11-12,15,18,24H,1-4,9-10,13-14,16-17H2. The second-order valence-corrected chi connectivity index (χ2v) is 9.83. The van der Waals surface area contributed by atoms with Crippen LogP contribution in [0.15, 0.2) is 47.6 Å². The summed E-state index contributed by atoms with van der Waals surface area (Å²) in [5, 5.41) is 0. The highest BCUT2D eigenvalue weighted by atomic mass is 32.2. The number of hydrogen-bond donors (Lipinski definition) is 1. The number of nitrogens with one attached hydrogen (secondary N) is 1. The van der Waals surface area contributed by atoms with Crippen molar-refractivity contribution in [3.05, 3.63) is 59.4 Å². The van der Waals surface area contributed by atoms with Gasteiger partial charge in [-0.05, 0) is 98.5 Å². The summed E-state index contributed by atoms with van der Waals surface area (Å²) in [5.74, 6) is 0.404. The third-order valence-electron chi connectivity index (χ3n) is 6.05. The van der Waals surface area contributed by atoms with Gasteiger partial charge in [0.2, 0.25) is 10.0 Å². The van der Waals surface area contributed by atoms with Crippen LogP contribution in [0.2, 0.25) is 0 Å². The molecule has 0 unspecified atom stereocenters. The third-order valence-corrected chi connectivity index (χ3v) is 7.48. The molecule has 1 saturated heterocycles. The van der Waals surface area contributed by atoms with Crippen molar-refractivity contribution in [2.75, 3.05) is 19.6 Å². The molecule has 1 aromatic heterocycles. The predicted molar refractivity (Wildman–Crippen MR) is 111 cm³/mol. The monoisotopic (exact) mass is 399 g/mol. The Morgan fingerprint density at radius 3 is 2.46 bits per heavy atom. The summed E-state index contributed by atoms with van der Waals surface area (Å²) in [6, 6.07) is 9.76. The first-order chi connectivity index (χ1) is 13.6. The zero-order valence-electron chi connectivity index (χ0n) is 16.3. The zero-order chi connectivity index (χ0) is 19.4. The number of aromatic nitrogens is 1. The molecule has 0 saturated carbocycles. The molecule has 0 spiro atoms. The van der Waals surface area contributed by atoms with Crippen LogP contribution < -0.4 is 4.72 Å². The quantitative estimate of drug-likeness (QED) is 0.811. The van der Waals surface area contributed by atoms with Crippen LogP contribution >= 0.6 is 0 Å². The summed E-state index contributed by atoms with van der Waals surface area (Å²) in [5.41, 5.74) is 3.80. The van der Waals surface area contributed by atoms with E-state index in [9.17, 15) is 8.42 Å². The fourth-order valence-corrected chi connectivity index (χ4v) is 5.45. The molecule has 2 heterocycles. The molecule has 28 heavy (non-hydrogen) atoms. The van der Waals surface area contributed by atoms with Crippen molar-refractivity contribution < 1.29 is 8.42 Å². The van der Waals surface area contributed by atoms with Crippen molar-refractivity contribution in [1.82, 2.24) is 14.6 Å². The molecule has 5 nitrogen and oxygen atoms in total. The largest absolute Gasteiger partial charge is 0.299 e. The van der Waals surface area contributed by atoms with Gasteiger partial charge in [0.15, 0.2) is 0 Å².